The largest absolute Gasteiger partial charge is 0.494 e. The van der Waals surface area contributed by atoms with Gasteiger partial charge in [0.05, 0.1) is 18.1 Å². The Morgan fingerprint density at radius 1 is 1.05 bits per heavy atom. The maximum Gasteiger partial charge on any atom is 0.119 e. The fourth-order valence-corrected chi connectivity index (χ4v) is 2.29. The molecule has 2 aromatic carbocycles. The molecule has 0 aliphatic heterocycles. The van der Waals surface area contributed by atoms with E-state index in [9.17, 15) is 5.26 Å². The average molecular weight is 265 g/mol. The van der Waals surface area contributed by atoms with Crippen molar-refractivity contribution in [3.05, 3.63) is 65.7 Å². The molecule has 0 saturated heterocycles. The van der Waals surface area contributed by atoms with Gasteiger partial charge in [-0.2, -0.15) is 5.26 Å². The number of nitriles is 1. The molecule has 0 N–H and O–H groups in total. The molecule has 0 aliphatic carbocycles. The Bertz CT molecular complexity index is 583. The van der Waals surface area contributed by atoms with Gasteiger partial charge in [0.1, 0.15) is 5.75 Å². The molecule has 2 aromatic rings. The van der Waals surface area contributed by atoms with Crippen LogP contribution in [-0.4, -0.2) is 6.61 Å². The van der Waals surface area contributed by atoms with Crippen molar-refractivity contribution in [2.75, 3.05) is 6.61 Å². The van der Waals surface area contributed by atoms with Gasteiger partial charge >= 0.3 is 0 Å². The molecule has 20 heavy (non-hydrogen) atoms. The molecule has 2 rings (SSSR count). The zero-order valence-electron chi connectivity index (χ0n) is 12.0. The molecule has 0 saturated carbocycles. The van der Waals surface area contributed by atoms with Crippen molar-refractivity contribution in [2.24, 2.45) is 0 Å². The van der Waals surface area contributed by atoms with Crippen LogP contribution in [0.5, 0.6) is 5.75 Å². The second-order valence-corrected chi connectivity index (χ2v) is 5.06. The summed E-state index contributed by atoms with van der Waals surface area (Å²) < 4.78 is 5.44. The highest BCUT2D eigenvalue weighted by atomic mass is 16.5. The van der Waals surface area contributed by atoms with E-state index in [0.717, 1.165) is 16.9 Å². The summed E-state index contributed by atoms with van der Waals surface area (Å²) in [5.74, 6) is 0.870. The number of hydrogen-bond acceptors (Lipinski definition) is 2. The van der Waals surface area contributed by atoms with Crippen molar-refractivity contribution in [3.63, 3.8) is 0 Å². The summed E-state index contributed by atoms with van der Waals surface area (Å²) in [6.07, 6.45) is 0.694. The predicted octanol–water partition coefficient (Wildman–Crippen LogP) is 4.11. The van der Waals surface area contributed by atoms with Gasteiger partial charge in [0.15, 0.2) is 0 Å². The van der Waals surface area contributed by atoms with Crippen LogP contribution in [0.15, 0.2) is 54.6 Å². The highest BCUT2D eigenvalue weighted by Gasteiger charge is 2.26. The van der Waals surface area contributed by atoms with E-state index in [1.165, 1.54) is 0 Å². The van der Waals surface area contributed by atoms with Gasteiger partial charge in [-0.3, -0.25) is 0 Å². The van der Waals surface area contributed by atoms with Gasteiger partial charge < -0.3 is 4.74 Å². The highest BCUT2D eigenvalue weighted by molar-refractivity contribution is 5.36. The molecular formula is C18H19NO. The van der Waals surface area contributed by atoms with Gasteiger partial charge in [0.2, 0.25) is 0 Å². The summed E-state index contributed by atoms with van der Waals surface area (Å²) in [5.41, 5.74) is 1.69. The van der Waals surface area contributed by atoms with Crippen molar-refractivity contribution in [1.29, 1.82) is 5.26 Å². The van der Waals surface area contributed by atoms with Crippen LogP contribution in [0, 0.1) is 11.3 Å². The molecule has 0 aromatic heterocycles. The monoisotopic (exact) mass is 265 g/mol. The molecule has 0 bridgehead atoms. The highest BCUT2D eigenvalue weighted by Crippen LogP contribution is 2.28. The van der Waals surface area contributed by atoms with Crippen LogP contribution in [0.2, 0.25) is 0 Å². The van der Waals surface area contributed by atoms with E-state index in [4.69, 9.17) is 4.74 Å². The van der Waals surface area contributed by atoms with Crippen LogP contribution in [0.25, 0.3) is 0 Å². The molecule has 0 aliphatic rings. The van der Waals surface area contributed by atoms with Crippen molar-refractivity contribution in [2.45, 2.75) is 25.7 Å². The molecule has 1 atom stereocenters. The van der Waals surface area contributed by atoms with Gasteiger partial charge in [-0.05, 0) is 43.5 Å². The number of benzene rings is 2. The minimum absolute atomic E-state index is 0.506. The Morgan fingerprint density at radius 3 is 2.25 bits per heavy atom. The van der Waals surface area contributed by atoms with E-state index in [-0.39, 0.29) is 0 Å². The van der Waals surface area contributed by atoms with Crippen LogP contribution in [0.4, 0.5) is 0 Å². The summed E-state index contributed by atoms with van der Waals surface area (Å²) in [6.45, 7) is 4.62. The van der Waals surface area contributed by atoms with Gasteiger partial charge in [0.25, 0.3) is 0 Å². The first-order chi connectivity index (χ1) is 9.68. The van der Waals surface area contributed by atoms with Crippen LogP contribution in [0.3, 0.4) is 0 Å². The lowest BCUT2D eigenvalue weighted by molar-refractivity contribution is 0.340. The van der Waals surface area contributed by atoms with Crippen LogP contribution in [-0.2, 0) is 11.8 Å². The average Bonchev–Trinajstić information content (AvgIpc) is 2.50. The van der Waals surface area contributed by atoms with Crippen molar-refractivity contribution < 1.29 is 4.74 Å². The van der Waals surface area contributed by atoms with Gasteiger partial charge in [-0.1, -0.05) is 42.5 Å². The summed E-state index contributed by atoms with van der Waals surface area (Å²) in [5, 5.41) is 9.56. The van der Waals surface area contributed by atoms with Gasteiger partial charge in [-0.15, -0.1) is 0 Å². The van der Waals surface area contributed by atoms with Crippen molar-refractivity contribution >= 4 is 0 Å². The van der Waals surface area contributed by atoms with Gasteiger partial charge in [-0.25, -0.2) is 0 Å². The molecule has 0 amide bonds. The first kappa shape index (κ1) is 14.1. The summed E-state index contributed by atoms with van der Waals surface area (Å²) in [6, 6.07) is 20.4. The topological polar surface area (TPSA) is 33.0 Å². The van der Waals surface area contributed by atoms with Crippen LogP contribution >= 0.6 is 0 Å². The molecule has 0 fully saturated rings. The SMILES string of the molecule is CCOc1ccc(CC(C)(C#N)c2ccccc2)cc1. The summed E-state index contributed by atoms with van der Waals surface area (Å²) in [7, 11) is 0. The third kappa shape index (κ3) is 3.19. The van der Waals surface area contributed by atoms with Crippen molar-refractivity contribution in [1.82, 2.24) is 0 Å². The second kappa shape index (κ2) is 6.25. The fourth-order valence-electron chi connectivity index (χ4n) is 2.29. The third-order valence-electron chi connectivity index (χ3n) is 3.45. The normalized spacial score (nSPS) is 13.2. The summed E-state index contributed by atoms with van der Waals surface area (Å²) in [4.78, 5) is 0. The maximum absolute atomic E-state index is 9.56. The minimum Gasteiger partial charge on any atom is -0.494 e. The number of nitrogens with zero attached hydrogens (tertiary/aromatic N) is 1. The smallest absolute Gasteiger partial charge is 0.119 e. The van der Waals surface area contributed by atoms with Crippen molar-refractivity contribution in [3.8, 4) is 11.8 Å². The quantitative estimate of drug-likeness (QED) is 0.815. The maximum atomic E-state index is 9.56. The lowest BCUT2D eigenvalue weighted by Crippen LogP contribution is -2.22. The summed E-state index contributed by atoms with van der Waals surface area (Å²) >= 11 is 0. The van der Waals surface area contributed by atoms with Gasteiger partial charge in [0, 0.05) is 0 Å². The Kier molecular flexibility index (Phi) is 4.42. The molecule has 0 heterocycles. The van der Waals surface area contributed by atoms with Crippen LogP contribution < -0.4 is 4.74 Å². The zero-order valence-corrected chi connectivity index (χ0v) is 12.0. The first-order valence-electron chi connectivity index (χ1n) is 6.86. The molecule has 2 heteroatoms. The number of rotatable bonds is 5. The number of ether oxygens (including phenoxy) is 1. The minimum atomic E-state index is -0.506. The van der Waals surface area contributed by atoms with E-state index >= 15 is 0 Å². The molecular weight excluding hydrogens is 246 g/mol. The lowest BCUT2D eigenvalue weighted by atomic mass is 9.79. The molecule has 0 spiro atoms. The predicted molar refractivity (Wildman–Crippen MR) is 80.7 cm³/mol. The Morgan fingerprint density at radius 2 is 1.70 bits per heavy atom. The zero-order chi connectivity index (χ0) is 14.4. The van der Waals surface area contributed by atoms with E-state index in [2.05, 4.69) is 6.07 Å². The van der Waals surface area contributed by atoms with E-state index < -0.39 is 5.41 Å². The lowest BCUT2D eigenvalue weighted by Gasteiger charge is -2.22. The molecule has 1 unspecified atom stereocenters. The van der Waals surface area contributed by atoms with Crippen LogP contribution in [0.1, 0.15) is 25.0 Å². The Balaban J connectivity index is 2.20. The van der Waals surface area contributed by atoms with E-state index in [1.54, 1.807) is 0 Å². The Labute approximate surface area is 120 Å². The molecule has 102 valence electrons. The third-order valence-corrected chi connectivity index (χ3v) is 3.45. The molecule has 0 radical (unpaired) electrons. The fraction of sp³-hybridized carbons (Fsp3) is 0.278. The standard InChI is InChI=1S/C18H19NO/c1-3-20-17-11-9-15(10-12-17)13-18(2,14-19)16-7-5-4-6-8-16/h4-12H,3,13H2,1-2H3. The van der Waals surface area contributed by atoms with E-state index in [1.807, 2.05) is 68.4 Å². The number of hydrogen-bond donors (Lipinski definition) is 0. The van der Waals surface area contributed by atoms with E-state index in [0.29, 0.717) is 13.0 Å². The molecule has 2 nitrogen and oxygen atoms in total. The first-order valence-corrected chi connectivity index (χ1v) is 6.86. The Hall–Kier alpha value is -2.27. The second-order valence-electron chi connectivity index (χ2n) is 5.06.